The third-order valence-corrected chi connectivity index (χ3v) is 3.81. The van der Waals surface area contributed by atoms with Crippen molar-refractivity contribution >= 4 is 29.3 Å². The lowest BCUT2D eigenvalue weighted by Crippen LogP contribution is -2.22. The summed E-state index contributed by atoms with van der Waals surface area (Å²) in [5.74, 6) is -0.466. The van der Waals surface area contributed by atoms with E-state index in [4.69, 9.17) is 4.74 Å². The fourth-order valence-electron chi connectivity index (χ4n) is 2.44. The summed E-state index contributed by atoms with van der Waals surface area (Å²) in [6.07, 6.45) is 3.08. The second kappa shape index (κ2) is 9.42. The molecule has 0 aliphatic heterocycles. The Morgan fingerprint density at radius 3 is 2.31 bits per heavy atom. The van der Waals surface area contributed by atoms with Crippen LogP contribution in [0.15, 0.2) is 48.5 Å². The predicted octanol–water partition coefficient (Wildman–Crippen LogP) is 3.93. The van der Waals surface area contributed by atoms with Gasteiger partial charge in [-0.2, -0.15) is 0 Å². The monoisotopic (exact) mass is 352 g/mol. The summed E-state index contributed by atoms with van der Waals surface area (Å²) >= 11 is 0. The molecule has 0 aliphatic carbocycles. The summed E-state index contributed by atoms with van der Waals surface area (Å²) in [6, 6.07) is 13.4. The molecular formula is C21H24N2O3. The lowest BCUT2D eigenvalue weighted by molar-refractivity contribution is -0.137. The zero-order chi connectivity index (χ0) is 18.9. The predicted molar refractivity (Wildman–Crippen MR) is 105 cm³/mol. The average Bonchev–Trinajstić information content (AvgIpc) is 2.62. The van der Waals surface area contributed by atoms with Gasteiger partial charge in [0.05, 0.1) is 13.2 Å². The Morgan fingerprint density at radius 2 is 1.69 bits per heavy atom. The molecule has 5 heteroatoms. The zero-order valence-corrected chi connectivity index (χ0v) is 15.3. The molecule has 0 bridgehead atoms. The first-order valence-electron chi connectivity index (χ1n) is 8.54. The Balaban J connectivity index is 1.87. The molecule has 0 saturated heterocycles. The van der Waals surface area contributed by atoms with Gasteiger partial charge in [-0.05, 0) is 55.7 Å². The maximum absolute atomic E-state index is 12.2. The van der Waals surface area contributed by atoms with Gasteiger partial charge in [0, 0.05) is 17.5 Å². The molecule has 0 heterocycles. The van der Waals surface area contributed by atoms with E-state index >= 15 is 0 Å². The van der Waals surface area contributed by atoms with E-state index in [0.717, 1.165) is 28.1 Å². The van der Waals surface area contributed by atoms with Crippen LogP contribution in [-0.2, 0) is 14.3 Å². The minimum absolute atomic E-state index is 0.103. The van der Waals surface area contributed by atoms with E-state index in [0.29, 0.717) is 6.61 Å². The Kier molecular flexibility index (Phi) is 6.97. The average molecular weight is 352 g/mol. The van der Waals surface area contributed by atoms with E-state index in [1.165, 1.54) is 6.08 Å². The summed E-state index contributed by atoms with van der Waals surface area (Å²) in [5.41, 5.74) is 4.64. The van der Waals surface area contributed by atoms with Gasteiger partial charge in [0.15, 0.2) is 0 Å². The van der Waals surface area contributed by atoms with Crippen LogP contribution in [0.4, 0.5) is 11.4 Å². The third-order valence-electron chi connectivity index (χ3n) is 3.81. The van der Waals surface area contributed by atoms with Gasteiger partial charge in [-0.3, -0.25) is 4.79 Å². The number of hydrogen-bond acceptors (Lipinski definition) is 4. The molecule has 0 aliphatic rings. The molecule has 0 fully saturated rings. The standard InChI is InChI=1S/C21H24N2O3/c1-4-26-20(25)13-10-17-8-11-18(12-9-17)22-14-19(24)23-21-15(2)6-5-7-16(21)3/h5-13,22H,4,14H2,1-3H3,(H,23,24)/b13-10+. The number of hydrogen-bond donors (Lipinski definition) is 2. The molecule has 0 aromatic heterocycles. The van der Waals surface area contributed by atoms with Crippen LogP contribution < -0.4 is 10.6 Å². The molecule has 2 aromatic rings. The highest BCUT2D eigenvalue weighted by Crippen LogP contribution is 2.19. The summed E-state index contributed by atoms with van der Waals surface area (Å²) in [6.45, 7) is 6.24. The summed E-state index contributed by atoms with van der Waals surface area (Å²) in [7, 11) is 0. The van der Waals surface area contributed by atoms with Crippen LogP contribution >= 0.6 is 0 Å². The molecule has 1 amide bonds. The number of amides is 1. The fraction of sp³-hybridized carbons (Fsp3) is 0.238. The first-order valence-corrected chi connectivity index (χ1v) is 8.54. The molecule has 26 heavy (non-hydrogen) atoms. The molecule has 0 unspecified atom stereocenters. The summed E-state index contributed by atoms with van der Waals surface area (Å²) in [5, 5.41) is 6.03. The van der Waals surface area contributed by atoms with Gasteiger partial charge in [-0.25, -0.2) is 4.79 Å². The lowest BCUT2D eigenvalue weighted by atomic mass is 10.1. The topological polar surface area (TPSA) is 67.4 Å². The van der Waals surface area contributed by atoms with Crippen LogP contribution in [0.25, 0.3) is 6.08 Å². The van der Waals surface area contributed by atoms with Crippen molar-refractivity contribution in [3.8, 4) is 0 Å². The van der Waals surface area contributed by atoms with Gasteiger partial charge >= 0.3 is 5.97 Å². The molecule has 2 aromatic carbocycles. The minimum atomic E-state index is -0.363. The Bertz CT molecular complexity index is 775. The van der Waals surface area contributed by atoms with Crippen LogP contribution in [0.2, 0.25) is 0 Å². The van der Waals surface area contributed by atoms with E-state index in [9.17, 15) is 9.59 Å². The van der Waals surface area contributed by atoms with Crippen molar-refractivity contribution < 1.29 is 14.3 Å². The van der Waals surface area contributed by atoms with Crippen molar-refractivity contribution in [3.05, 3.63) is 65.2 Å². The maximum Gasteiger partial charge on any atom is 0.330 e. The quantitative estimate of drug-likeness (QED) is 0.585. The van der Waals surface area contributed by atoms with E-state index in [1.807, 2.05) is 56.3 Å². The van der Waals surface area contributed by atoms with E-state index in [1.54, 1.807) is 13.0 Å². The van der Waals surface area contributed by atoms with Crippen LogP contribution in [0.3, 0.4) is 0 Å². The first kappa shape index (κ1) is 19.2. The lowest BCUT2D eigenvalue weighted by Gasteiger charge is -2.12. The number of anilines is 2. The summed E-state index contributed by atoms with van der Waals surface area (Å²) in [4.78, 5) is 23.5. The molecule has 136 valence electrons. The Labute approximate surface area is 154 Å². The van der Waals surface area contributed by atoms with E-state index in [-0.39, 0.29) is 18.4 Å². The second-order valence-electron chi connectivity index (χ2n) is 5.88. The number of carbonyl (C=O) groups is 2. The number of benzene rings is 2. The molecule has 0 saturated carbocycles. The highest BCUT2D eigenvalue weighted by molar-refractivity contribution is 5.95. The number of nitrogens with one attached hydrogen (secondary N) is 2. The minimum Gasteiger partial charge on any atom is -0.463 e. The van der Waals surface area contributed by atoms with E-state index in [2.05, 4.69) is 10.6 Å². The normalized spacial score (nSPS) is 10.6. The van der Waals surface area contributed by atoms with Crippen LogP contribution in [-0.4, -0.2) is 25.0 Å². The Hall–Kier alpha value is -3.08. The molecular weight excluding hydrogens is 328 g/mol. The van der Waals surface area contributed by atoms with Gasteiger partial charge in [-0.1, -0.05) is 30.3 Å². The Morgan fingerprint density at radius 1 is 1.04 bits per heavy atom. The van der Waals surface area contributed by atoms with Gasteiger partial charge in [0.2, 0.25) is 5.91 Å². The van der Waals surface area contributed by atoms with Gasteiger partial charge in [0.1, 0.15) is 0 Å². The molecule has 5 nitrogen and oxygen atoms in total. The second-order valence-corrected chi connectivity index (χ2v) is 5.88. The highest BCUT2D eigenvalue weighted by atomic mass is 16.5. The van der Waals surface area contributed by atoms with Gasteiger partial charge < -0.3 is 15.4 Å². The van der Waals surface area contributed by atoms with Gasteiger partial charge in [-0.15, -0.1) is 0 Å². The van der Waals surface area contributed by atoms with Crippen molar-refractivity contribution in [2.75, 3.05) is 23.8 Å². The summed E-state index contributed by atoms with van der Waals surface area (Å²) < 4.78 is 4.84. The smallest absolute Gasteiger partial charge is 0.330 e. The number of ether oxygens (including phenoxy) is 1. The molecule has 0 atom stereocenters. The van der Waals surface area contributed by atoms with Gasteiger partial charge in [0.25, 0.3) is 0 Å². The van der Waals surface area contributed by atoms with Crippen molar-refractivity contribution in [1.82, 2.24) is 0 Å². The van der Waals surface area contributed by atoms with Crippen molar-refractivity contribution in [2.24, 2.45) is 0 Å². The third kappa shape index (κ3) is 5.77. The van der Waals surface area contributed by atoms with Crippen LogP contribution in [0.5, 0.6) is 0 Å². The van der Waals surface area contributed by atoms with Crippen LogP contribution in [0, 0.1) is 13.8 Å². The fourth-order valence-corrected chi connectivity index (χ4v) is 2.44. The number of esters is 1. The molecule has 0 radical (unpaired) electrons. The largest absolute Gasteiger partial charge is 0.463 e. The van der Waals surface area contributed by atoms with Crippen LogP contribution in [0.1, 0.15) is 23.6 Å². The highest BCUT2D eigenvalue weighted by Gasteiger charge is 2.07. The first-order chi connectivity index (χ1) is 12.5. The van der Waals surface area contributed by atoms with Crippen molar-refractivity contribution in [3.63, 3.8) is 0 Å². The molecule has 2 N–H and O–H groups in total. The zero-order valence-electron chi connectivity index (χ0n) is 15.3. The van der Waals surface area contributed by atoms with E-state index < -0.39 is 0 Å². The molecule has 2 rings (SSSR count). The van der Waals surface area contributed by atoms with Crippen molar-refractivity contribution in [2.45, 2.75) is 20.8 Å². The number of rotatable bonds is 7. The maximum atomic E-state index is 12.2. The molecule has 0 spiro atoms. The SMILES string of the molecule is CCOC(=O)/C=C/c1ccc(NCC(=O)Nc2c(C)cccc2C)cc1. The number of carbonyl (C=O) groups excluding carboxylic acids is 2. The van der Waals surface area contributed by atoms with Crippen molar-refractivity contribution in [1.29, 1.82) is 0 Å². The number of aryl methyl sites for hydroxylation is 2. The number of para-hydroxylation sites is 1.